The zero-order chi connectivity index (χ0) is 19.8. The third-order valence-electron chi connectivity index (χ3n) is 4.42. The molecule has 0 radical (unpaired) electrons. The highest BCUT2D eigenvalue weighted by Crippen LogP contribution is 2.26. The van der Waals surface area contributed by atoms with Gasteiger partial charge in [0, 0.05) is 13.1 Å². The van der Waals surface area contributed by atoms with Crippen LogP contribution in [0.1, 0.15) is 54.3 Å². The summed E-state index contributed by atoms with van der Waals surface area (Å²) in [5.41, 5.74) is -0.150. The lowest BCUT2D eigenvalue weighted by atomic mass is 9.97. The molecule has 27 heavy (non-hydrogen) atoms. The number of imide groups is 1. The van der Waals surface area contributed by atoms with Gasteiger partial charge in [0.05, 0.1) is 17.0 Å². The van der Waals surface area contributed by atoms with Crippen molar-refractivity contribution in [1.29, 1.82) is 0 Å². The number of nitrogens with zero attached hydrogens (tertiary/aromatic N) is 2. The summed E-state index contributed by atoms with van der Waals surface area (Å²) < 4.78 is 5.32. The molecule has 0 atom stereocenters. The number of hydroxylamine groups is 2. The maximum absolute atomic E-state index is 12.4. The van der Waals surface area contributed by atoms with E-state index in [4.69, 9.17) is 9.57 Å². The Bertz CT molecular complexity index is 755. The predicted octanol–water partition coefficient (Wildman–Crippen LogP) is 2.39. The maximum atomic E-state index is 12.4. The second kappa shape index (κ2) is 7.02. The molecule has 0 saturated carbocycles. The van der Waals surface area contributed by atoms with E-state index in [9.17, 15) is 19.2 Å². The third-order valence-corrected chi connectivity index (χ3v) is 4.42. The van der Waals surface area contributed by atoms with Crippen LogP contribution in [0.25, 0.3) is 0 Å². The standard InChI is InChI=1S/C19H22N2O6/c1-19(2,3)26-18(25)20-10-8-12(9-11-20)17(24)27-21-15(22)13-6-4-5-7-14(13)16(21)23/h4-7,12H,8-11H2,1-3H3. The van der Waals surface area contributed by atoms with Crippen LogP contribution in [0.3, 0.4) is 0 Å². The zero-order valence-electron chi connectivity index (χ0n) is 15.6. The highest BCUT2D eigenvalue weighted by atomic mass is 16.7. The molecule has 8 heteroatoms. The molecule has 0 aliphatic carbocycles. The summed E-state index contributed by atoms with van der Waals surface area (Å²) in [5.74, 6) is -2.42. The Hall–Kier alpha value is -2.90. The minimum Gasteiger partial charge on any atom is -0.444 e. The average molecular weight is 374 g/mol. The Balaban J connectivity index is 1.56. The van der Waals surface area contributed by atoms with Gasteiger partial charge in [-0.25, -0.2) is 9.59 Å². The van der Waals surface area contributed by atoms with E-state index < -0.39 is 35.4 Å². The van der Waals surface area contributed by atoms with E-state index in [1.807, 2.05) is 0 Å². The molecule has 144 valence electrons. The van der Waals surface area contributed by atoms with Gasteiger partial charge in [-0.05, 0) is 45.7 Å². The van der Waals surface area contributed by atoms with Gasteiger partial charge in [0.2, 0.25) is 0 Å². The Morgan fingerprint density at radius 1 is 1.00 bits per heavy atom. The SMILES string of the molecule is CC(C)(C)OC(=O)N1CCC(C(=O)ON2C(=O)c3ccccc3C2=O)CC1. The van der Waals surface area contributed by atoms with Crippen molar-refractivity contribution in [2.24, 2.45) is 5.92 Å². The first-order valence-corrected chi connectivity index (χ1v) is 8.85. The van der Waals surface area contributed by atoms with Gasteiger partial charge in [-0.1, -0.05) is 17.2 Å². The molecular weight excluding hydrogens is 352 g/mol. The molecule has 2 aliphatic rings. The third kappa shape index (κ3) is 3.94. The van der Waals surface area contributed by atoms with E-state index in [0.717, 1.165) is 0 Å². The summed E-state index contributed by atoms with van der Waals surface area (Å²) in [6, 6.07) is 6.31. The Morgan fingerprint density at radius 3 is 2.00 bits per heavy atom. The lowest BCUT2D eigenvalue weighted by molar-refractivity contribution is -0.175. The molecule has 0 bridgehead atoms. The predicted molar refractivity (Wildman–Crippen MR) is 93.6 cm³/mol. The summed E-state index contributed by atoms with van der Waals surface area (Å²) in [5, 5.41) is 0.521. The second-order valence-corrected chi connectivity index (χ2v) is 7.60. The van der Waals surface area contributed by atoms with Crippen molar-refractivity contribution in [2.45, 2.75) is 39.2 Å². The number of rotatable bonds is 2. The van der Waals surface area contributed by atoms with E-state index >= 15 is 0 Å². The Labute approximate surface area is 157 Å². The Morgan fingerprint density at radius 2 is 1.52 bits per heavy atom. The van der Waals surface area contributed by atoms with Gasteiger partial charge in [-0.15, -0.1) is 0 Å². The highest BCUT2D eigenvalue weighted by molar-refractivity contribution is 6.20. The number of hydrogen-bond acceptors (Lipinski definition) is 6. The maximum Gasteiger partial charge on any atom is 0.410 e. The first-order valence-electron chi connectivity index (χ1n) is 8.85. The largest absolute Gasteiger partial charge is 0.444 e. The number of hydrogen-bond donors (Lipinski definition) is 0. The van der Waals surface area contributed by atoms with Crippen LogP contribution in [0.15, 0.2) is 24.3 Å². The van der Waals surface area contributed by atoms with E-state index in [0.29, 0.717) is 31.0 Å². The van der Waals surface area contributed by atoms with E-state index in [2.05, 4.69) is 0 Å². The number of benzene rings is 1. The molecule has 0 unspecified atom stereocenters. The number of piperidine rings is 1. The molecule has 1 aromatic carbocycles. The lowest BCUT2D eigenvalue weighted by Gasteiger charge is -2.32. The summed E-state index contributed by atoms with van der Waals surface area (Å²) in [6.07, 6.45) is 0.331. The van der Waals surface area contributed by atoms with Gasteiger partial charge in [-0.3, -0.25) is 9.59 Å². The van der Waals surface area contributed by atoms with Crippen molar-refractivity contribution in [3.8, 4) is 0 Å². The molecule has 1 saturated heterocycles. The first kappa shape index (κ1) is 18.9. The van der Waals surface area contributed by atoms with Crippen LogP contribution in [0.5, 0.6) is 0 Å². The van der Waals surface area contributed by atoms with Crippen LogP contribution < -0.4 is 0 Å². The quantitative estimate of drug-likeness (QED) is 0.738. The van der Waals surface area contributed by atoms with Gasteiger partial charge >= 0.3 is 12.1 Å². The van der Waals surface area contributed by atoms with Gasteiger partial charge in [-0.2, -0.15) is 0 Å². The van der Waals surface area contributed by atoms with Crippen molar-refractivity contribution >= 4 is 23.9 Å². The summed E-state index contributed by atoms with van der Waals surface area (Å²) >= 11 is 0. The van der Waals surface area contributed by atoms with Crippen molar-refractivity contribution in [3.63, 3.8) is 0 Å². The molecule has 0 aromatic heterocycles. The van der Waals surface area contributed by atoms with Crippen molar-refractivity contribution in [3.05, 3.63) is 35.4 Å². The minimum absolute atomic E-state index is 0.218. The van der Waals surface area contributed by atoms with Gasteiger partial charge in [0.15, 0.2) is 0 Å². The summed E-state index contributed by atoms with van der Waals surface area (Å²) in [7, 11) is 0. The van der Waals surface area contributed by atoms with E-state index in [1.165, 1.54) is 17.0 Å². The molecule has 8 nitrogen and oxygen atoms in total. The number of amides is 3. The van der Waals surface area contributed by atoms with Crippen LogP contribution in [0.4, 0.5) is 4.79 Å². The van der Waals surface area contributed by atoms with Crippen LogP contribution in [0, 0.1) is 5.92 Å². The molecule has 1 fully saturated rings. The molecule has 0 N–H and O–H groups in total. The molecular formula is C19H22N2O6. The summed E-state index contributed by atoms with van der Waals surface area (Å²) in [4.78, 5) is 55.6. The van der Waals surface area contributed by atoms with Gasteiger partial charge < -0.3 is 14.5 Å². The zero-order valence-corrected chi connectivity index (χ0v) is 15.6. The smallest absolute Gasteiger partial charge is 0.410 e. The minimum atomic E-state index is -0.645. The van der Waals surface area contributed by atoms with Crippen molar-refractivity contribution < 1.29 is 28.8 Å². The Kier molecular flexibility index (Phi) is 4.91. The van der Waals surface area contributed by atoms with E-state index in [-0.39, 0.29) is 11.1 Å². The van der Waals surface area contributed by atoms with E-state index in [1.54, 1.807) is 32.9 Å². The molecule has 2 aliphatic heterocycles. The first-order chi connectivity index (χ1) is 12.7. The van der Waals surface area contributed by atoms with Crippen molar-refractivity contribution in [1.82, 2.24) is 9.96 Å². The van der Waals surface area contributed by atoms with Crippen LogP contribution >= 0.6 is 0 Å². The fourth-order valence-electron chi connectivity index (χ4n) is 3.04. The number of likely N-dealkylation sites (tertiary alicyclic amines) is 1. The number of fused-ring (bicyclic) bond motifs is 1. The van der Waals surface area contributed by atoms with Crippen LogP contribution in [-0.2, 0) is 14.4 Å². The average Bonchev–Trinajstić information content (AvgIpc) is 2.86. The fourth-order valence-corrected chi connectivity index (χ4v) is 3.04. The lowest BCUT2D eigenvalue weighted by Crippen LogP contribution is -2.44. The van der Waals surface area contributed by atoms with Crippen LogP contribution in [-0.4, -0.2) is 52.5 Å². The molecule has 1 aromatic rings. The second-order valence-electron chi connectivity index (χ2n) is 7.60. The van der Waals surface area contributed by atoms with Gasteiger partial charge in [0.1, 0.15) is 5.60 Å². The molecule has 0 spiro atoms. The normalized spacial score (nSPS) is 17.7. The van der Waals surface area contributed by atoms with Crippen LogP contribution in [0.2, 0.25) is 0 Å². The molecule has 2 heterocycles. The number of carbonyl (C=O) groups is 4. The fraction of sp³-hybridized carbons (Fsp3) is 0.474. The summed E-state index contributed by atoms with van der Waals surface area (Å²) in [6.45, 7) is 6.05. The number of ether oxygens (including phenoxy) is 1. The monoisotopic (exact) mass is 374 g/mol. The molecule has 3 amide bonds. The van der Waals surface area contributed by atoms with Crippen molar-refractivity contribution in [2.75, 3.05) is 13.1 Å². The number of carbonyl (C=O) groups excluding carboxylic acids is 4. The highest BCUT2D eigenvalue weighted by Gasteiger charge is 2.40. The molecule has 3 rings (SSSR count). The van der Waals surface area contributed by atoms with Gasteiger partial charge in [0.25, 0.3) is 11.8 Å². The topological polar surface area (TPSA) is 93.2 Å².